The molecule has 0 bridgehead atoms. The number of rotatable bonds is 6. The van der Waals surface area contributed by atoms with Crippen molar-refractivity contribution in [2.45, 2.75) is 6.18 Å². The van der Waals surface area contributed by atoms with Crippen molar-refractivity contribution in [3.8, 4) is 34.0 Å². The monoisotopic (exact) mass is 544 g/mol. The van der Waals surface area contributed by atoms with Crippen LogP contribution in [0.4, 0.5) is 35.2 Å². The van der Waals surface area contributed by atoms with Gasteiger partial charge in [0.15, 0.2) is 0 Å². The Bertz CT molecular complexity index is 1630. The molecule has 200 valence electrons. The summed E-state index contributed by atoms with van der Waals surface area (Å²) < 4.78 is 45.6. The van der Waals surface area contributed by atoms with Crippen LogP contribution in [-0.2, 0) is 6.18 Å². The number of benzene rings is 2. The minimum atomic E-state index is -4.59. The van der Waals surface area contributed by atoms with Crippen LogP contribution in [0.5, 0.6) is 11.8 Å². The Kier molecular flexibility index (Phi) is 7.18. The highest BCUT2D eigenvalue weighted by Crippen LogP contribution is 2.36. The predicted molar refractivity (Wildman–Crippen MR) is 141 cm³/mol. The summed E-state index contributed by atoms with van der Waals surface area (Å²) in [4.78, 5) is 32.7. The Hall–Kier alpha value is -5.59. The van der Waals surface area contributed by atoms with Gasteiger partial charge in [-0.3, -0.25) is 4.98 Å². The summed E-state index contributed by atoms with van der Waals surface area (Å²) in [6.07, 6.45) is 3.99. The van der Waals surface area contributed by atoms with Crippen LogP contribution in [0.2, 0.25) is 0 Å². The number of nitrogens with one attached hydrogen (secondary N) is 2. The minimum Gasteiger partial charge on any atom is -0.424 e. The molecule has 40 heavy (non-hydrogen) atoms. The highest BCUT2D eigenvalue weighted by Gasteiger charge is 2.31. The van der Waals surface area contributed by atoms with Crippen molar-refractivity contribution in [3.63, 3.8) is 0 Å². The molecule has 3 heterocycles. The molecule has 2 amide bonds. The first-order valence-electron chi connectivity index (χ1n) is 11.6. The highest BCUT2D eigenvalue weighted by molar-refractivity contribution is 6.02. The summed E-state index contributed by atoms with van der Waals surface area (Å²) in [7, 11) is 0. The molecule has 10 nitrogen and oxygen atoms in total. The molecule has 2 aromatic carbocycles. The molecular formula is C27H19F3N8O2. The number of halogens is 3. The number of anilines is 3. The van der Waals surface area contributed by atoms with E-state index in [1.54, 1.807) is 42.6 Å². The lowest BCUT2D eigenvalue weighted by Gasteiger charge is -2.15. The number of carbonyl (C=O) groups excluding carboxylic acids is 1. The number of pyridine rings is 1. The number of alkyl halides is 3. The second-order valence-electron chi connectivity index (χ2n) is 8.28. The summed E-state index contributed by atoms with van der Waals surface area (Å²) in [6.45, 7) is 0. The summed E-state index contributed by atoms with van der Waals surface area (Å²) in [5.74, 6) is 0.797. The van der Waals surface area contributed by atoms with Gasteiger partial charge in [-0.25, -0.2) is 24.7 Å². The smallest absolute Gasteiger partial charge is 0.416 e. The van der Waals surface area contributed by atoms with Gasteiger partial charge in [-0.15, -0.1) is 0 Å². The lowest BCUT2D eigenvalue weighted by Crippen LogP contribution is -2.20. The molecule has 4 N–H and O–H groups in total. The van der Waals surface area contributed by atoms with Crippen LogP contribution >= 0.6 is 0 Å². The van der Waals surface area contributed by atoms with Crippen molar-refractivity contribution in [3.05, 3.63) is 97.5 Å². The lowest BCUT2D eigenvalue weighted by molar-refractivity contribution is -0.137. The molecule has 5 rings (SSSR count). The van der Waals surface area contributed by atoms with Crippen molar-refractivity contribution >= 4 is 23.2 Å². The summed E-state index contributed by atoms with van der Waals surface area (Å²) >= 11 is 0. The third kappa shape index (κ3) is 6.10. The Morgan fingerprint density at radius 3 is 2.27 bits per heavy atom. The SMILES string of the molecule is Nc1ncncc1-c1ccc(Oc2ncc(NC(=O)Nc3cc(C(F)(F)F)ccc3-c3cccnc3)cn2)cc1. The van der Waals surface area contributed by atoms with Crippen molar-refractivity contribution in [1.29, 1.82) is 0 Å². The fourth-order valence-corrected chi connectivity index (χ4v) is 3.69. The van der Waals surface area contributed by atoms with Gasteiger partial charge in [-0.1, -0.05) is 24.3 Å². The number of nitrogen functional groups attached to an aromatic ring is 1. The van der Waals surface area contributed by atoms with Crippen molar-refractivity contribution in [2.24, 2.45) is 0 Å². The third-order valence-electron chi connectivity index (χ3n) is 5.57. The normalized spacial score (nSPS) is 11.1. The first-order chi connectivity index (χ1) is 19.3. The molecule has 0 aliphatic carbocycles. The number of hydrogen-bond donors (Lipinski definition) is 3. The summed E-state index contributed by atoms with van der Waals surface area (Å²) in [5, 5.41) is 4.96. The van der Waals surface area contributed by atoms with Gasteiger partial charge in [-0.05, 0) is 35.9 Å². The van der Waals surface area contributed by atoms with Crippen LogP contribution in [0.15, 0.2) is 91.9 Å². The molecule has 0 radical (unpaired) electrons. The Labute approximate surface area is 225 Å². The topological polar surface area (TPSA) is 141 Å². The summed E-state index contributed by atoms with van der Waals surface area (Å²) in [5.41, 5.74) is 7.48. The van der Waals surface area contributed by atoms with E-state index in [0.29, 0.717) is 28.3 Å². The van der Waals surface area contributed by atoms with Crippen LogP contribution in [-0.4, -0.2) is 31.0 Å². The average molecular weight is 544 g/mol. The fourth-order valence-electron chi connectivity index (χ4n) is 3.69. The number of aromatic nitrogens is 5. The quantitative estimate of drug-likeness (QED) is 0.235. The second kappa shape index (κ2) is 11.0. The van der Waals surface area contributed by atoms with Crippen LogP contribution in [0.25, 0.3) is 22.3 Å². The van der Waals surface area contributed by atoms with Crippen molar-refractivity contribution in [2.75, 3.05) is 16.4 Å². The molecule has 5 aromatic rings. The second-order valence-corrected chi connectivity index (χ2v) is 8.28. The third-order valence-corrected chi connectivity index (χ3v) is 5.57. The molecule has 0 atom stereocenters. The van der Waals surface area contributed by atoms with Gasteiger partial charge >= 0.3 is 18.2 Å². The maximum absolute atomic E-state index is 13.3. The number of ether oxygens (including phenoxy) is 1. The van der Waals surface area contributed by atoms with Gasteiger partial charge in [-0.2, -0.15) is 13.2 Å². The molecule has 0 aliphatic heterocycles. The molecule has 13 heteroatoms. The van der Waals surface area contributed by atoms with E-state index in [9.17, 15) is 18.0 Å². The molecule has 3 aromatic heterocycles. The molecule has 0 saturated carbocycles. The maximum Gasteiger partial charge on any atom is 0.416 e. The number of nitrogens with zero attached hydrogens (tertiary/aromatic N) is 5. The van der Waals surface area contributed by atoms with E-state index in [4.69, 9.17) is 10.5 Å². The van der Waals surface area contributed by atoms with Gasteiger partial charge in [0.1, 0.15) is 17.9 Å². The Morgan fingerprint density at radius 2 is 1.60 bits per heavy atom. The number of urea groups is 1. The van der Waals surface area contributed by atoms with Crippen LogP contribution in [0, 0.1) is 0 Å². The first-order valence-corrected chi connectivity index (χ1v) is 11.6. The molecule has 0 spiro atoms. The van der Waals surface area contributed by atoms with Crippen LogP contribution in [0.1, 0.15) is 5.56 Å². The molecule has 0 aliphatic rings. The highest BCUT2D eigenvalue weighted by atomic mass is 19.4. The van der Waals surface area contributed by atoms with E-state index in [1.165, 1.54) is 37.2 Å². The Balaban J connectivity index is 1.26. The lowest BCUT2D eigenvalue weighted by atomic mass is 10.0. The zero-order valence-corrected chi connectivity index (χ0v) is 20.4. The van der Waals surface area contributed by atoms with E-state index in [-0.39, 0.29) is 17.4 Å². The molecule has 0 fully saturated rings. The zero-order chi connectivity index (χ0) is 28.1. The predicted octanol–water partition coefficient (Wildman–Crippen LogP) is 6.03. The fraction of sp³-hybridized carbons (Fsp3) is 0.0370. The first kappa shape index (κ1) is 26.0. The van der Waals surface area contributed by atoms with Gasteiger partial charge in [0.25, 0.3) is 0 Å². The van der Waals surface area contributed by atoms with E-state index in [2.05, 4.69) is 35.6 Å². The standard InChI is InChI=1S/C27H19F3N8O2/c28-27(29,30)18-5-8-21(17-2-1-9-32-11-17)23(10-18)38-25(39)37-19-12-34-26(35-13-19)40-20-6-3-16(4-7-20)22-14-33-15-36-24(22)31/h1-15H,(H2,31,33,36)(H2,37,38,39). The molecule has 0 unspecified atom stereocenters. The van der Waals surface area contributed by atoms with Crippen molar-refractivity contribution in [1.82, 2.24) is 24.9 Å². The molecule has 0 saturated heterocycles. The Morgan fingerprint density at radius 1 is 0.825 bits per heavy atom. The van der Waals surface area contributed by atoms with E-state index < -0.39 is 17.8 Å². The van der Waals surface area contributed by atoms with Crippen molar-refractivity contribution < 1.29 is 22.7 Å². The van der Waals surface area contributed by atoms with E-state index in [1.807, 2.05) is 0 Å². The molecular weight excluding hydrogens is 525 g/mol. The minimum absolute atomic E-state index is 0.0120. The number of hydrogen-bond acceptors (Lipinski definition) is 8. The zero-order valence-electron chi connectivity index (χ0n) is 20.4. The summed E-state index contributed by atoms with van der Waals surface area (Å²) in [6, 6.07) is 12.6. The van der Waals surface area contributed by atoms with Gasteiger partial charge in [0.05, 0.1) is 29.3 Å². The maximum atomic E-state index is 13.3. The van der Waals surface area contributed by atoms with Gasteiger partial charge in [0, 0.05) is 35.3 Å². The van der Waals surface area contributed by atoms with E-state index in [0.717, 1.165) is 17.7 Å². The van der Waals surface area contributed by atoms with Crippen LogP contribution < -0.4 is 21.1 Å². The number of nitrogens with two attached hydrogens (primary N) is 1. The average Bonchev–Trinajstić information content (AvgIpc) is 2.95. The van der Waals surface area contributed by atoms with E-state index >= 15 is 0 Å². The van der Waals surface area contributed by atoms with Gasteiger partial charge < -0.3 is 21.1 Å². The number of amides is 2. The van der Waals surface area contributed by atoms with Crippen LogP contribution in [0.3, 0.4) is 0 Å². The van der Waals surface area contributed by atoms with Gasteiger partial charge in [0.2, 0.25) is 0 Å². The largest absolute Gasteiger partial charge is 0.424 e. The number of carbonyl (C=O) groups is 1.